The first-order valence-corrected chi connectivity index (χ1v) is 6.62. The third-order valence-corrected chi connectivity index (χ3v) is 3.09. The summed E-state index contributed by atoms with van der Waals surface area (Å²) in [6.07, 6.45) is 0.395. The number of amides is 1. The van der Waals surface area contributed by atoms with E-state index in [-0.39, 0.29) is 23.9 Å². The third kappa shape index (κ3) is 4.33. The Bertz CT molecular complexity index is 500. The normalized spacial score (nSPS) is 10.7. The molecule has 4 nitrogen and oxygen atoms in total. The molecule has 0 spiro atoms. The van der Waals surface area contributed by atoms with Crippen molar-refractivity contribution >= 4 is 11.9 Å². The van der Waals surface area contributed by atoms with Gasteiger partial charge in [0.25, 0.3) is 5.91 Å². The van der Waals surface area contributed by atoms with E-state index in [1.54, 1.807) is 24.0 Å². The molecule has 0 radical (unpaired) electrons. The second-order valence-electron chi connectivity index (χ2n) is 5.05. The lowest BCUT2D eigenvalue weighted by Crippen LogP contribution is -2.38. The van der Waals surface area contributed by atoms with Gasteiger partial charge in [-0.2, -0.15) is 0 Å². The van der Waals surface area contributed by atoms with E-state index >= 15 is 0 Å². The fraction of sp³-hybridized carbons (Fsp3) is 0.467. The van der Waals surface area contributed by atoms with Crippen LogP contribution in [0.3, 0.4) is 0 Å². The minimum atomic E-state index is -0.887. The van der Waals surface area contributed by atoms with Gasteiger partial charge in [-0.3, -0.25) is 9.59 Å². The maximum atomic E-state index is 13.5. The van der Waals surface area contributed by atoms with Crippen molar-refractivity contribution in [2.75, 3.05) is 6.54 Å². The molecule has 0 heterocycles. The summed E-state index contributed by atoms with van der Waals surface area (Å²) in [5.74, 6) is -1.57. The summed E-state index contributed by atoms with van der Waals surface area (Å²) in [5, 5.41) is 8.63. The molecule has 0 aromatic heterocycles. The lowest BCUT2D eigenvalue weighted by atomic mass is 10.1. The molecule has 1 N–H and O–H groups in total. The molecule has 1 aromatic carbocycles. The summed E-state index contributed by atoms with van der Waals surface area (Å²) in [7, 11) is 0. The van der Waals surface area contributed by atoms with Crippen LogP contribution in [0.1, 0.15) is 42.6 Å². The zero-order valence-electron chi connectivity index (χ0n) is 12.0. The maximum Gasteiger partial charge on any atom is 0.303 e. The largest absolute Gasteiger partial charge is 0.481 e. The first-order chi connectivity index (χ1) is 9.32. The second-order valence-corrected chi connectivity index (χ2v) is 5.05. The zero-order valence-corrected chi connectivity index (χ0v) is 12.0. The average molecular weight is 281 g/mol. The summed E-state index contributed by atoms with van der Waals surface area (Å²) in [5.41, 5.74) is 0.778. The van der Waals surface area contributed by atoms with Crippen molar-refractivity contribution < 1.29 is 19.1 Å². The molecule has 0 unspecified atom stereocenters. The van der Waals surface area contributed by atoms with E-state index < -0.39 is 11.8 Å². The van der Waals surface area contributed by atoms with Crippen LogP contribution < -0.4 is 0 Å². The van der Waals surface area contributed by atoms with Crippen LogP contribution >= 0.6 is 0 Å². The van der Waals surface area contributed by atoms with Gasteiger partial charge in [0, 0.05) is 24.6 Å². The van der Waals surface area contributed by atoms with Crippen LogP contribution in [0.2, 0.25) is 0 Å². The van der Waals surface area contributed by atoms with E-state index in [0.717, 1.165) is 0 Å². The highest BCUT2D eigenvalue weighted by atomic mass is 19.1. The lowest BCUT2D eigenvalue weighted by molar-refractivity contribution is -0.137. The second kappa shape index (κ2) is 7.03. The molecular formula is C15H20FNO3. The van der Waals surface area contributed by atoms with E-state index in [0.29, 0.717) is 18.5 Å². The van der Waals surface area contributed by atoms with Gasteiger partial charge in [-0.25, -0.2) is 4.39 Å². The maximum absolute atomic E-state index is 13.5. The van der Waals surface area contributed by atoms with Crippen molar-refractivity contribution in [3.05, 3.63) is 35.1 Å². The number of carbonyl (C=O) groups excluding carboxylic acids is 1. The van der Waals surface area contributed by atoms with Gasteiger partial charge in [-0.05, 0) is 44.9 Å². The molecule has 0 bridgehead atoms. The fourth-order valence-electron chi connectivity index (χ4n) is 1.89. The number of nitrogens with zero attached hydrogens (tertiary/aromatic N) is 1. The van der Waals surface area contributed by atoms with E-state index in [9.17, 15) is 14.0 Å². The molecule has 20 heavy (non-hydrogen) atoms. The van der Waals surface area contributed by atoms with Gasteiger partial charge in [0.1, 0.15) is 5.82 Å². The topological polar surface area (TPSA) is 57.6 Å². The van der Waals surface area contributed by atoms with Crippen molar-refractivity contribution in [2.45, 2.75) is 39.7 Å². The van der Waals surface area contributed by atoms with Crippen molar-refractivity contribution in [1.82, 2.24) is 4.90 Å². The highest BCUT2D eigenvalue weighted by Gasteiger charge is 2.19. The Kier molecular flexibility index (Phi) is 5.67. The van der Waals surface area contributed by atoms with Gasteiger partial charge in [0.2, 0.25) is 0 Å². The summed E-state index contributed by atoms with van der Waals surface area (Å²) >= 11 is 0. The molecule has 0 aliphatic heterocycles. The van der Waals surface area contributed by atoms with Gasteiger partial charge < -0.3 is 10.0 Å². The molecule has 0 aliphatic rings. The molecule has 0 saturated carbocycles. The first kappa shape index (κ1) is 16.1. The van der Waals surface area contributed by atoms with Gasteiger partial charge in [-0.1, -0.05) is 6.07 Å². The number of carbonyl (C=O) groups is 2. The smallest absolute Gasteiger partial charge is 0.303 e. The number of hydrogen-bond donors (Lipinski definition) is 1. The Labute approximate surface area is 118 Å². The van der Waals surface area contributed by atoms with Crippen LogP contribution in [0, 0.1) is 12.7 Å². The van der Waals surface area contributed by atoms with Gasteiger partial charge >= 0.3 is 5.97 Å². The summed E-state index contributed by atoms with van der Waals surface area (Å²) in [6, 6.07) is 4.32. The molecule has 1 aromatic rings. The number of halogens is 1. The summed E-state index contributed by atoms with van der Waals surface area (Å²) < 4.78 is 13.5. The quantitative estimate of drug-likeness (QED) is 0.872. The molecule has 0 saturated heterocycles. The minimum Gasteiger partial charge on any atom is -0.481 e. The first-order valence-electron chi connectivity index (χ1n) is 6.62. The van der Waals surface area contributed by atoms with E-state index in [1.807, 2.05) is 13.8 Å². The molecule has 0 fully saturated rings. The molecule has 0 atom stereocenters. The number of carboxylic acid groups (broad SMARTS) is 1. The Morgan fingerprint density at radius 3 is 2.50 bits per heavy atom. The number of benzene rings is 1. The summed E-state index contributed by atoms with van der Waals surface area (Å²) in [4.78, 5) is 24.4. The van der Waals surface area contributed by atoms with E-state index in [1.165, 1.54) is 6.07 Å². The standard InChI is InChI=1S/C15H20FNO3/c1-10(2)17(8-4-5-14(18)19)15(20)12-7-6-11(3)13(16)9-12/h6-7,9-10H,4-5,8H2,1-3H3,(H,18,19). The summed E-state index contributed by atoms with van der Waals surface area (Å²) in [6.45, 7) is 5.68. The lowest BCUT2D eigenvalue weighted by Gasteiger charge is -2.26. The van der Waals surface area contributed by atoms with Crippen LogP contribution in [0.15, 0.2) is 18.2 Å². The molecule has 1 rings (SSSR count). The molecule has 0 aliphatic carbocycles. The molecule has 1 amide bonds. The van der Waals surface area contributed by atoms with Crippen molar-refractivity contribution in [2.24, 2.45) is 0 Å². The highest BCUT2D eigenvalue weighted by Crippen LogP contribution is 2.14. The number of carboxylic acids is 1. The van der Waals surface area contributed by atoms with Gasteiger partial charge in [-0.15, -0.1) is 0 Å². The monoisotopic (exact) mass is 281 g/mol. The number of aliphatic carboxylic acids is 1. The van der Waals surface area contributed by atoms with Crippen molar-refractivity contribution in [3.8, 4) is 0 Å². The van der Waals surface area contributed by atoms with Gasteiger partial charge in [0.05, 0.1) is 0 Å². The Morgan fingerprint density at radius 1 is 1.35 bits per heavy atom. The van der Waals surface area contributed by atoms with Gasteiger partial charge in [0.15, 0.2) is 0 Å². The SMILES string of the molecule is Cc1ccc(C(=O)N(CCCC(=O)O)C(C)C)cc1F. The number of rotatable bonds is 6. The molecule has 5 heteroatoms. The Morgan fingerprint density at radius 2 is 2.00 bits per heavy atom. The van der Waals surface area contributed by atoms with Crippen LogP contribution in [0.5, 0.6) is 0 Å². The number of hydrogen-bond acceptors (Lipinski definition) is 2. The fourth-order valence-corrected chi connectivity index (χ4v) is 1.89. The number of aryl methyl sites for hydroxylation is 1. The van der Waals surface area contributed by atoms with Crippen LogP contribution in [0.25, 0.3) is 0 Å². The van der Waals surface area contributed by atoms with E-state index in [2.05, 4.69) is 0 Å². The molecule has 110 valence electrons. The zero-order chi connectivity index (χ0) is 15.3. The predicted octanol–water partition coefficient (Wildman–Crippen LogP) is 2.85. The van der Waals surface area contributed by atoms with Crippen LogP contribution in [-0.4, -0.2) is 34.5 Å². The minimum absolute atomic E-state index is 0.0127. The molecular weight excluding hydrogens is 261 g/mol. The van der Waals surface area contributed by atoms with Crippen molar-refractivity contribution in [3.63, 3.8) is 0 Å². The van der Waals surface area contributed by atoms with Crippen LogP contribution in [-0.2, 0) is 4.79 Å². The van der Waals surface area contributed by atoms with Crippen LogP contribution in [0.4, 0.5) is 4.39 Å². The van der Waals surface area contributed by atoms with Crippen molar-refractivity contribution in [1.29, 1.82) is 0 Å². The predicted molar refractivity (Wildman–Crippen MR) is 74.2 cm³/mol. The third-order valence-electron chi connectivity index (χ3n) is 3.09. The Balaban J connectivity index is 2.82. The van der Waals surface area contributed by atoms with E-state index in [4.69, 9.17) is 5.11 Å². The average Bonchev–Trinajstić information content (AvgIpc) is 2.36. The Hall–Kier alpha value is -1.91. The highest BCUT2D eigenvalue weighted by molar-refractivity contribution is 5.94.